The molecule has 1 aromatic carbocycles. The molecule has 0 aliphatic heterocycles. The minimum absolute atomic E-state index is 0.207. The molecule has 0 aliphatic rings. The van der Waals surface area contributed by atoms with E-state index in [1.807, 2.05) is 45.2 Å². The Balaban J connectivity index is 2.96. The summed E-state index contributed by atoms with van der Waals surface area (Å²) in [5.41, 5.74) is 0.758. The van der Waals surface area contributed by atoms with Crippen LogP contribution in [0.25, 0.3) is 0 Å². The summed E-state index contributed by atoms with van der Waals surface area (Å²) in [4.78, 5) is 0. The van der Waals surface area contributed by atoms with Crippen molar-refractivity contribution in [1.82, 2.24) is 5.43 Å². The van der Waals surface area contributed by atoms with Crippen LogP contribution in [0.5, 0.6) is 5.75 Å². The Bertz CT molecular complexity index is 582. The normalized spacial score (nSPS) is 13.5. The van der Waals surface area contributed by atoms with E-state index in [9.17, 15) is 30.7 Å². The van der Waals surface area contributed by atoms with Gasteiger partial charge in [0.2, 0.25) is 0 Å². The number of rotatable bonds is 5. The van der Waals surface area contributed by atoms with Crippen molar-refractivity contribution in [3.63, 3.8) is 0 Å². The zero-order valence-corrected chi connectivity index (χ0v) is 15.3. The average molecular weight is 570 g/mol. The number of nitrogens with one attached hydrogen (secondary N) is 1. The molecule has 0 atom stereocenters. The number of halogens is 9. The molecule has 130 valence electrons. The van der Waals surface area contributed by atoms with Crippen LogP contribution in [0.2, 0.25) is 0 Å². The molecule has 1 rings (SSSR count). The van der Waals surface area contributed by atoms with Gasteiger partial charge in [-0.15, -0.1) is 0 Å². The third kappa shape index (κ3) is 4.51. The zero-order valence-electron chi connectivity index (χ0n) is 11.0. The van der Waals surface area contributed by atoms with Gasteiger partial charge in [-0.3, -0.25) is 0 Å². The number of hydrogen-bond donors (Lipinski definition) is 1. The maximum atomic E-state index is 13.0. The number of alkyl halides is 7. The summed E-state index contributed by atoms with van der Waals surface area (Å²) in [6, 6.07) is -2.74. The van der Waals surface area contributed by atoms with E-state index in [4.69, 9.17) is 4.74 Å². The van der Waals surface area contributed by atoms with Crippen molar-refractivity contribution in [1.29, 1.82) is 0 Å². The van der Waals surface area contributed by atoms with E-state index < -0.39 is 18.1 Å². The van der Waals surface area contributed by atoms with Gasteiger partial charge in [0.15, 0.2) is 0 Å². The summed E-state index contributed by atoms with van der Waals surface area (Å²) in [6.07, 6.45) is -5.71. The monoisotopic (exact) mass is 570 g/mol. The largest absolute Gasteiger partial charge is 0.495 e. The quantitative estimate of drug-likeness (QED) is 0.185. The lowest BCUT2D eigenvalue weighted by Gasteiger charge is -2.27. The number of ether oxygens (including phenoxy) is 1. The molecule has 0 unspecified atom stereocenters. The standard InChI is InChI=1S/C11H7F7I2N2O/c1-23-8-6(19)2-5(3-7(8)20)4-21-22-11(17,18)9(12,13)10(14,15)16/h2-4,22H,1H3/b21-4+. The van der Waals surface area contributed by atoms with Crippen LogP contribution in [-0.4, -0.2) is 31.5 Å². The summed E-state index contributed by atoms with van der Waals surface area (Å²) < 4.78 is 93.2. The maximum absolute atomic E-state index is 13.0. The minimum atomic E-state index is -6.41. The number of benzene rings is 1. The summed E-state index contributed by atoms with van der Waals surface area (Å²) in [7, 11) is 1.41. The van der Waals surface area contributed by atoms with Crippen LogP contribution in [-0.2, 0) is 0 Å². The summed E-state index contributed by atoms with van der Waals surface area (Å²) >= 11 is 3.75. The Morgan fingerprint density at radius 2 is 1.52 bits per heavy atom. The molecule has 0 aromatic heterocycles. The van der Waals surface area contributed by atoms with Crippen molar-refractivity contribution in [2.24, 2.45) is 5.10 Å². The third-order valence-corrected chi connectivity index (χ3v) is 4.00. The van der Waals surface area contributed by atoms with Crippen LogP contribution in [0.15, 0.2) is 17.2 Å². The molecule has 0 heterocycles. The molecule has 0 saturated carbocycles. The highest BCUT2D eigenvalue weighted by atomic mass is 127. The van der Waals surface area contributed by atoms with E-state index in [2.05, 4.69) is 5.10 Å². The summed E-state index contributed by atoms with van der Waals surface area (Å²) in [5.74, 6) is -5.76. The fourth-order valence-electron chi connectivity index (χ4n) is 1.29. The van der Waals surface area contributed by atoms with Crippen LogP contribution in [0.3, 0.4) is 0 Å². The lowest BCUT2D eigenvalue weighted by molar-refractivity contribution is -0.361. The lowest BCUT2D eigenvalue weighted by atomic mass is 10.2. The molecule has 0 saturated heterocycles. The molecule has 1 N–H and O–H groups in total. The molecule has 0 radical (unpaired) electrons. The zero-order chi connectivity index (χ0) is 18.1. The van der Waals surface area contributed by atoms with Crippen molar-refractivity contribution >= 4 is 51.4 Å². The topological polar surface area (TPSA) is 33.6 Å². The van der Waals surface area contributed by atoms with Crippen LogP contribution in [0, 0.1) is 7.14 Å². The molecule has 23 heavy (non-hydrogen) atoms. The SMILES string of the molecule is COc1c(I)cc(/C=N/NC(F)(F)C(F)(F)C(F)(F)F)cc1I. The fourth-order valence-corrected chi connectivity index (χ4v) is 3.54. The van der Waals surface area contributed by atoms with Gasteiger partial charge >= 0.3 is 18.1 Å². The van der Waals surface area contributed by atoms with E-state index >= 15 is 0 Å². The molecule has 0 spiro atoms. The van der Waals surface area contributed by atoms with Crippen molar-refractivity contribution in [3.8, 4) is 5.75 Å². The van der Waals surface area contributed by atoms with E-state index in [1.165, 1.54) is 19.2 Å². The van der Waals surface area contributed by atoms with E-state index in [0.717, 1.165) is 0 Å². The number of hydrogen-bond acceptors (Lipinski definition) is 3. The Hall–Kier alpha value is -0.540. The molecular weight excluding hydrogens is 563 g/mol. The maximum Gasteiger partial charge on any atom is 0.462 e. The van der Waals surface area contributed by atoms with Gasteiger partial charge in [0, 0.05) is 0 Å². The molecule has 0 aliphatic carbocycles. The highest BCUT2D eigenvalue weighted by Gasteiger charge is 2.73. The molecule has 0 amide bonds. The lowest BCUT2D eigenvalue weighted by Crippen LogP contribution is -2.58. The smallest absolute Gasteiger partial charge is 0.462 e. The van der Waals surface area contributed by atoms with Crippen LogP contribution < -0.4 is 10.2 Å². The first-order valence-corrected chi connectivity index (χ1v) is 7.65. The van der Waals surface area contributed by atoms with Crippen LogP contribution >= 0.6 is 45.2 Å². The third-order valence-electron chi connectivity index (χ3n) is 2.39. The van der Waals surface area contributed by atoms with Crippen molar-refractivity contribution in [2.45, 2.75) is 18.1 Å². The first kappa shape index (κ1) is 20.5. The van der Waals surface area contributed by atoms with Gasteiger partial charge in [-0.25, -0.2) is 5.43 Å². The fraction of sp³-hybridized carbons (Fsp3) is 0.364. The Labute approximate surface area is 152 Å². The predicted molar refractivity (Wildman–Crippen MR) is 85.1 cm³/mol. The van der Waals surface area contributed by atoms with Gasteiger partial charge in [-0.05, 0) is 62.9 Å². The first-order chi connectivity index (χ1) is 10.3. The highest BCUT2D eigenvalue weighted by Crippen LogP contribution is 2.45. The average Bonchev–Trinajstić information content (AvgIpc) is 2.36. The summed E-state index contributed by atoms with van der Waals surface area (Å²) in [5, 5.41) is 2.78. The van der Waals surface area contributed by atoms with E-state index in [-0.39, 0.29) is 5.56 Å². The number of hydrazone groups is 1. The van der Waals surface area contributed by atoms with Crippen molar-refractivity contribution in [3.05, 3.63) is 24.8 Å². The van der Waals surface area contributed by atoms with Crippen molar-refractivity contribution < 1.29 is 35.5 Å². The predicted octanol–water partition coefficient (Wildman–Crippen LogP) is 4.62. The molecule has 1 aromatic rings. The Morgan fingerprint density at radius 1 is 1.04 bits per heavy atom. The van der Waals surface area contributed by atoms with Crippen LogP contribution in [0.1, 0.15) is 5.56 Å². The molecule has 3 nitrogen and oxygen atoms in total. The number of nitrogens with zero attached hydrogens (tertiary/aromatic N) is 1. The highest BCUT2D eigenvalue weighted by molar-refractivity contribution is 14.1. The van der Waals surface area contributed by atoms with Gasteiger partial charge in [0.1, 0.15) is 5.75 Å². The van der Waals surface area contributed by atoms with Crippen molar-refractivity contribution in [2.75, 3.05) is 7.11 Å². The number of methoxy groups -OCH3 is 1. The Morgan fingerprint density at radius 3 is 1.91 bits per heavy atom. The van der Waals surface area contributed by atoms with Crippen LogP contribution in [0.4, 0.5) is 30.7 Å². The van der Waals surface area contributed by atoms with Gasteiger partial charge in [0.25, 0.3) is 0 Å². The van der Waals surface area contributed by atoms with E-state index in [0.29, 0.717) is 24.5 Å². The minimum Gasteiger partial charge on any atom is -0.495 e. The molecule has 0 fully saturated rings. The van der Waals surface area contributed by atoms with Gasteiger partial charge in [-0.1, -0.05) is 0 Å². The first-order valence-electron chi connectivity index (χ1n) is 5.49. The Kier molecular flexibility index (Phi) is 6.37. The van der Waals surface area contributed by atoms with Gasteiger partial charge < -0.3 is 4.74 Å². The molecule has 0 bridgehead atoms. The summed E-state index contributed by atoms with van der Waals surface area (Å²) in [6.45, 7) is 0. The second kappa shape index (κ2) is 7.14. The van der Waals surface area contributed by atoms with Gasteiger partial charge in [-0.2, -0.15) is 35.8 Å². The molecule has 12 heteroatoms. The van der Waals surface area contributed by atoms with Gasteiger partial charge in [0.05, 0.1) is 20.5 Å². The van der Waals surface area contributed by atoms with E-state index in [1.54, 1.807) is 0 Å². The second-order valence-electron chi connectivity index (χ2n) is 4.03. The molecular formula is C11H7F7I2N2O. The second-order valence-corrected chi connectivity index (χ2v) is 6.36.